The van der Waals surface area contributed by atoms with Gasteiger partial charge >= 0.3 is 12.1 Å². The number of nitrogens with two attached hydrogens (primary N) is 1. The second-order valence-electron chi connectivity index (χ2n) is 8.51. The van der Waals surface area contributed by atoms with Gasteiger partial charge < -0.3 is 20.5 Å². The fourth-order valence-electron chi connectivity index (χ4n) is 3.82. The maximum atomic E-state index is 13.0. The number of amidine groups is 1. The molecule has 1 amide bonds. The van der Waals surface area contributed by atoms with Gasteiger partial charge in [-0.15, -0.1) is 0 Å². The number of carboxylic acids is 1. The number of likely N-dealkylation sites (tertiary alicyclic amines) is 1. The van der Waals surface area contributed by atoms with Crippen LogP contribution in [0, 0.1) is 5.41 Å². The number of carbonyl (C=O) groups is 2. The molecule has 5 N–H and O–H groups in total. The molecule has 10 nitrogen and oxygen atoms in total. The van der Waals surface area contributed by atoms with Crippen LogP contribution < -0.4 is 15.2 Å². The number of benzene rings is 3. The molecule has 1 heterocycles. The monoisotopic (exact) mass is 566 g/mol. The molecule has 3 aromatic rings. The first-order valence-electron chi connectivity index (χ1n) is 11.3. The predicted molar refractivity (Wildman–Crippen MR) is 136 cm³/mol. The summed E-state index contributed by atoms with van der Waals surface area (Å²) >= 11 is 0. The van der Waals surface area contributed by atoms with Crippen LogP contribution >= 0.6 is 0 Å². The molecule has 1 atom stereocenters. The lowest BCUT2D eigenvalue weighted by molar-refractivity contribution is -0.192. The molecule has 39 heavy (non-hydrogen) atoms. The average molecular weight is 567 g/mol. The Morgan fingerprint density at radius 2 is 1.82 bits per heavy atom. The van der Waals surface area contributed by atoms with Crippen LogP contribution in [0.25, 0.3) is 10.8 Å². The van der Waals surface area contributed by atoms with Crippen molar-refractivity contribution in [2.24, 2.45) is 5.73 Å². The Morgan fingerprint density at radius 3 is 2.44 bits per heavy atom. The van der Waals surface area contributed by atoms with Gasteiger partial charge in [0, 0.05) is 18.7 Å². The van der Waals surface area contributed by atoms with Crippen molar-refractivity contribution in [1.29, 1.82) is 5.41 Å². The van der Waals surface area contributed by atoms with Crippen LogP contribution in [0.4, 0.5) is 13.2 Å². The summed E-state index contributed by atoms with van der Waals surface area (Å²) in [7, 11) is -2.33. The molecule has 0 saturated carbocycles. The zero-order valence-electron chi connectivity index (χ0n) is 20.5. The van der Waals surface area contributed by atoms with E-state index in [9.17, 15) is 26.4 Å². The number of aliphatic carboxylic acids is 1. The Hall–Kier alpha value is -4.17. The topological polar surface area (TPSA) is 163 Å². The minimum absolute atomic E-state index is 0.0433. The Labute approximate surface area is 221 Å². The van der Waals surface area contributed by atoms with Gasteiger partial charge in [0.05, 0.1) is 12.0 Å². The molecule has 0 aromatic heterocycles. The molecular weight excluding hydrogens is 541 g/mol. The Kier molecular flexibility index (Phi) is 8.81. The van der Waals surface area contributed by atoms with Gasteiger partial charge in [-0.3, -0.25) is 10.2 Å². The summed E-state index contributed by atoms with van der Waals surface area (Å²) in [5, 5.41) is 16.3. The number of sulfonamides is 1. The molecule has 1 fully saturated rings. The molecule has 4 rings (SSSR count). The first kappa shape index (κ1) is 29.4. The van der Waals surface area contributed by atoms with Crippen molar-refractivity contribution in [3.8, 4) is 5.75 Å². The number of carboxylic acid groups (broad SMARTS) is 1. The van der Waals surface area contributed by atoms with Crippen molar-refractivity contribution >= 4 is 38.5 Å². The fourth-order valence-corrected chi connectivity index (χ4v) is 5.07. The number of carbonyl (C=O) groups excluding carboxylic acids is 1. The number of methoxy groups -OCH3 is 1. The van der Waals surface area contributed by atoms with Gasteiger partial charge in [-0.05, 0) is 53.1 Å². The number of hydrogen-bond acceptors (Lipinski definition) is 6. The van der Waals surface area contributed by atoms with Crippen molar-refractivity contribution in [3.05, 3.63) is 71.8 Å². The largest absolute Gasteiger partial charge is 0.497 e. The minimum atomic E-state index is -5.08. The van der Waals surface area contributed by atoms with Gasteiger partial charge in [0.2, 0.25) is 15.9 Å². The van der Waals surface area contributed by atoms with Gasteiger partial charge in [0.1, 0.15) is 17.6 Å². The van der Waals surface area contributed by atoms with E-state index in [0.29, 0.717) is 30.8 Å². The number of halogens is 3. The Bertz CT molecular complexity index is 1510. The van der Waals surface area contributed by atoms with Crippen molar-refractivity contribution in [3.63, 3.8) is 0 Å². The number of alkyl halides is 3. The molecule has 0 spiro atoms. The zero-order valence-corrected chi connectivity index (χ0v) is 21.3. The first-order chi connectivity index (χ1) is 18.2. The highest BCUT2D eigenvalue weighted by atomic mass is 32.2. The lowest BCUT2D eigenvalue weighted by Gasteiger charge is -2.18. The second kappa shape index (κ2) is 11.7. The normalized spacial score (nSPS) is 15.5. The summed E-state index contributed by atoms with van der Waals surface area (Å²) in [4.78, 5) is 23.4. The molecule has 3 aromatic carbocycles. The van der Waals surface area contributed by atoms with E-state index in [1.807, 2.05) is 18.2 Å². The van der Waals surface area contributed by atoms with E-state index in [0.717, 1.165) is 16.3 Å². The summed E-state index contributed by atoms with van der Waals surface area (Å²) in [5.74, 6) is -2.44. The third-order valence-electron chi connectivity index (χ3n) is 5.78. The van der Waals surface area contributed by atoms with Gasteiger partial charge in [-0.25, -0.2) is 13.2 Å². The van der Waals surface area contributed by atoms with E-state index in [2.05, 4.69) is 4.72 Å². The smallest absolute Gasteiger partial charge is 0.490 e. The highest BCUT2D eigenvalue weighted by Gasteiger charge is 2.38. The van der Waals surface area contributed by atoms with Crippen LogP contribution in [0.5, 0.6) is 5.75 Å². The highest BCUT2D eigenvalue weighted by molar-refractivity contribution is 7.89. The van der Waals surface area contributed by atoms with Crippen molar-refractivity contribution in [1.82, 2.24) is 9.62 Å². The maximum absolute atomic E-state index is 13.0. The third-order valence-corrected chi connectivity index (χ3v) is 7.25. The number of nitrogens with zero attached hydrogens (tertiary/aromatic N) is 1. The number of nitrogens with one attached hydrogen (secondary N) is 2. The number of nitrogen functional groups attached to an aromatic ring is 1. The van der Waals surface area contributed by atoms with E-state index in [1.165, 1.54) is 6.07 Å². The van der Waals surface area contributed by atoms with E-state index in [4.69, 9.17) is 25.8 Å². The second-order valence-corrected chi connectivity index (χ2v) is 10.2. The van der Waals surface area contributed by atoms with Crippen molar-refractivity contribution in [2.75, 3.05) is 13.7 Å². The lowest BCUT2D eigenvalue weighted by atomic mass is 10.1. The molecule has 0 radical (unpaired) electrons. The summed E-state index contributed by atoms with van der Waals surface area (Å²) < 4.78 is 65.4. The van der Waals surface area contributed by atoms with Crippen molar-refractivity contribution in [2.45, 2.75) is 30.1 Å². The van der Waals surface area contributed by atoms with Crippen LogP contribution in [0.1, 0.15) is 17.5 Å². The highest BCUT2D eigenvalue weighted by Crippen LogP contribution is 2.25. The molecular formula is C25H25F3N4O6S. The Morgan fingerprint density at radius 1 is 1.15 bits per heavy atom. The molecule has 0 unspecified atom stereocenters. The van der Waals surface area contributed by atoms with E-state index < -0.39 is 28.2 Å². The molecule has 208 valence electrons. The van der Waals surface area contributed by atoms with Crippen LogP contribution in [-0.4, -0.2) is 62.0 Å². The minimum Gasteiger partial charge on any atom is -0.497 e. The first-order valence-corrected chi connectivity index (χ1v) is 12.8. The Balaban J connectivity index is 0.000000532. The van der Waals surface area contributed by atoms with Crippen LogP contribution in [0.2, 0.25) is 0 Å². The zero-order chi connectivity index (χ0) is 29.0. The molecule has 1 aliphatic rings. The van der Waals surface area contributed by atoms with E-state index >= 15 is 0 Å². The van der Waals surface area contributed by atoms with Gasteiger partial charge in [-0.2, -0.15) is 17.9 Å². The summed E-state index contributed by atoms with van der Waals surface area (Å²) in [5.41, 5.74) is 6.95. The number of amides is 1. The molecule has 0 bridgehead atoms. The van der Waals surface area contributed by atoms with Crippen LogP contribution in [-0.2, 0) is 26.2 Å². The summed E-state index contributed by atoms with van der Waals surface area (Å²) in [6.45, 7) is 0.763. The number of ether oxygens (including phenoxy) is 1. The van der Waals surface area contributed by atoms with Crippen molar-refractivity contribution < 1.29 is 41.0 Å². The van der Waals surface area contributed by atoms with Gasteiger partial charge in [-0.1, -0.05) is 30.3 Å². The summed E-state index contributed by atoms with van der Waals surface area (Å²) in [6, 6.07) is 16.6. The van der Waals surface area contributed by atoms with Crippen LogP contribution in [0.3, 0.4) is 0 Å². The average Bonchev–Trinajstić information content (AvgIpc) is 3.21. The molecule has 1 saturated heterocycles. The number of hydrogen-bond donors (Lipinski definition) is 4. The molecule has 1 aliphatic heterocycles. The third kappa shape index (κ3) is 7.45. The number of fused-ring (bicyclic) bond motifs is 1. The maximum Gasteiger partial charge on any atom is 0.490 e. The van der Waals surface area contributed by atoms with Crippen LogP contribution in [0.15, 0.2) is 65.6 Å². The molecule has 14 heteroatoms. The quantitative estimate of drug-likeness (QED) is 0.252. The predicted octanol–water partition coefficient (Wildman–Crippen LogP) is 2.85. The SMILES string of the molecule is COc1ccc2ccc(S(=O)(=O)N[C@H]3CCN(Cc4cccc(C(=N)N)c4)C3=O)cc2c1.O=C(O)C(F)(F)F. The fraction of sp³-hybridized carbons (Fsp3) is 0.240. The van der Waals surface area contributed by atoms with Gasteiger partial charge in [0.25, 0.3) is 0 Å². The van der Waals surface area contributed by atoms with Gasteiger partial charge in [0.15, 0.2) is 0 Å². The lowest BCUT2D eigenvalue weighted by Crippen LogP contribution is -2.41. The standard InChI is InChI=1S/C23H24N4O4S.C2HF3O2/c1-31-19-7-5-16-6-8-20(13-18(16)12-19)32(29,30)26-21-9-10-27(23(21)28)14-15-3-2-4-17(11-15)22(24)25;3-2(4,5)1(6)7/h2-8,11-13,21,26H,9-10,14H2,1H3,(H3,24,25);(H,6,7)/t21-;/m0./s1. The van der Waals surface area contributed by atoms with E-state index in [-0.39, 0.29) is 16.6 Å². The molecule has 0 aliphatic carbocycles. The number of rotatable bonds is 7. The van der Waals surface area contributed by atoms with E-state index in [1.54, 1.807) is 48.4 Å². The summed E-state index contributed by atoms with van der Waals surface area (Å²) in [6.07, 6.45) is -4.70.